The summed E-state index contributed by atoms with van der Waals surface area (Å²) < 4.78 is 2.36. The molecular weight excluding hydrogens is 424 g/mol. The number of imidazole rings is 1. The monoisotopic (exact) mass is 452 g/mol. The molecule has 2 aromatic carbocycles. The van der Waals surface area contributed by atoms with Gasteiger partial charge in [-0.3, -0.25) is 9.79 Å². The van der Waals surface area contributed by atoms with Crippen LogP contribution in [0.15, 0.2) is 35.6 Å². The molecule has 0 unspecified atom stereocenters. The van der Waals surface area contributed by atoms with Gasteiger partial charge in [0.1, 0.15) is 6.07 Å². The molecule has 1 aromatic heterocycles. The minimum absolute atomic E-state index is 0.546. The minimum Gasteiger partial charge on any atom is -0.367 e. The zero-order chi connectivity index (χ0) is 23.1. The van der Waals surface area contributed by atoms with Crippen molar-refractivity contribution in [3.63, 3.8) is 0 Å². The highest BCUT2D eigenvalue weighted by molar-refractivity contribution is 5.94. The molecule has 3 aromatic rings. The molecule has 1 aliphatic carbocycles. The molecule has 6 rings (SSSR count). The predicted octanol–water partition coefficient (Wildman–Crippen LogP) is 4.62. The number of amides is 1. The molecule has 3 aliphatic rings. The van der Waals surface area contributed by atoms with Crippen molar-refractivity contribution in [2.24, 2.45) is 4.99 Å². The number of nitriles is 1. The third-order valence-electron chi connectivity index (χ3n) is 7.67. The van der Waals surface area contributed by atoms with E-state index in [0.29, 0.717) is 31.1 Å². The number of aliphatic imine (C=N–C) groups is 1. The van der Waals surface area contributed by atoms with Crippen LogP contribution in [0.3, 0.4) is 0 Å². The summed E-state index contributed by atoms with van der Waals surface area (Å²) in [4.78, 5) is 24.6. The maximum atomic E-state index is 11.2. The second kappa shape index (κ2) is 8.60. The highest BCUT2D eigenvalue weighted by atomic mass is 16.1. The van der Waals surface area contributed by atoms with Gasteiger partial charge in [0, 0.05) is 56.0 Å². The number of rotatable bonds is 4. The van der Waals surface area contributed by atoms with E-state index in [1.807, 2.05) is 12.5 Å². The van der Waals surface area contributed by atoms with Gasteiger partial charge in [0.15, 0.2) is 0 Å². The van der Waals surface area contributed by atoms with E-state index in [9.17, 15) is 10.1 Å². The number of anilines is 1. The smallest absolute Gasteiger partial charge is 0.209 e. The topological polar surface area (TPSA) is 77.5 Å². The van der Waals surface area contributed by atoms with Gasteiger partial charge in [-0.1, -0.05) is 25.3 Å². The molecule has 0 atom stereocenters. The van der Waals surface area contributed by atoms with E-state index < -0.39 is 0 Å². The number of nitrogens with zero attached hydrogens (tertiary/aromatic N) is 6. The normalized spacial score (nSPS) is 18.3. The van der Waals surface area contributed by atoms with Gasteiger partial charge in [-0.15, -0.1) is 0 Å². The van der Waals surface area contributed by atoms with Crippen LogP contribution in [0.5, 0.6) is 0 Å². The Labute approximate surface area is 199 Å². The highest BCUT2D eigenvalue weighted by Gasteiger charge is 2.26. The Morgan fingerprint density at radius 1 is 1.06 bits per heavy atom. The van der Waals surface area contributed by atoms with Crippen LogP contribution in [0.25, 0.3) is 22.2 Å². The van der Waals surface area contributed by atoms with Crippen LogP contribution in [0.4, 0.5) is 11.4 Å². The summed E-state index contributed by atoms with van der Waals surface area (Å²) in [6.45, 7) is 2.78. The lowest BCUT2D eigenvalue weighted by molar-refractivity contribution is -0.118. The second-order valence-corrected chi connectivity index (χ2v) is 9.55. The molecule has 0 bridgehead atoms. The molecule has 1 amide bonds. The van der Waals surface area contributed by atoms with E-state index in [-0.39, 0.29) is 0 Å². The number of aromatic nitrogens is 2. The maximum absolute atomic E-state index is 11.2. The molecule has 7 nitrogen and oxygen atoms in total. The first kappa shape index (κ1) is 20.9. The lowest BCUT2D eigenvalue weighted by Crippen LogP contribution is -2.46. The van der Waals surface area contributed by atoms with Gasteiger partial charge < -0.3 is 14.4 Å². The average molecular weight is 453 g/mol. The molecule has 172 valence electrons. The van der Waals surface area contributed by atoms with Crippen LogP contribution < -0.4 is 4.90 Å². The molecule has 7 heteroatoms. The summed E-state index contributed by atoms with van der Waals surface area (Å²) in [5, 5.41) is 10.0. The Morgan fingerprint density at radius 3 is 2.65 bits per heavy atom. The van der Waals surface area contributed by atoms with Crippen molar-refractivity contribution in [1.29, 1.82) is 5.26 Å². The minimum atomic E-state index is 0.546. The quantitative estimate of drug-likeness (QED) is 0.541. The number of carbonyl (C=O) groups excluding carboxylic acids is 1. The summed E-state index contributed by atoms with van der Waals surface area (Å²) in [5.41, 5.74) is 7.87. The Kier molecular flexibility index (Phi) is 5.29. The third-order valence-corrected chi connectivity index (χ3v) is 7.67. The fourth-order valence-corrected chi connectivity index (χ4v) is 5.80. The number of carbonyl (C=O) groups is 1. The van der Waals surface area contributed by atoms with Crippen LogP contribution in [-0.4, -0.2) is 53.3 Å². The summed E-state index contributed by atoms with van der Waals surface area (Å²) in [6, 6.07) is 11.6. The molecule has 2 aliphatic heterocycles. The molecule has 34 heavy (non-hydrogen) atoms. The van der Waals surface area contributed by atoms with Crippen LogP contribution in [0.1, 0.15) is 49.3 Å². The largest absolute Gasteiger partial charge is 0.367 e. The summed E-state index contributed by atoms with van der Waals surface area (Å²) in [6.07, 6.45) is 11.9. The highest BCUT2D eigenvalue weighted by Crippen LogP contribution is 2.43. The van der Waals surface area contributed by atoms with Gasteiger partial charge in [-0.25, -0.2) is 4.98 Å². The van der Waals surface area contributed by atoms with Crippen molar-refractivity contribution < 1.29 is 4.79 Å². The lowest BCUT2D eigenvalue weighted by Gasteiger charge is -2.35. The second-order valence-electron chi connectivity index (χ2n) is 9.55. The van der Waals surface area contributed by atoms with Gasteiger partial charge in [-0.2, -0.15) is 5.26 Å². The number of piperazine rings is 1. The van der Waals surface area contributed by atoms with Crippen LogP contribution in [0, 0.1) is 11.3 Å². The first-order valence-corrected chi connectivity index (χ1v) is 12.3. The number of hydrogen-bond donors (Lipinski definition) is 0. The molecule has 0 radical (unpaired) electrons. The Bertz CT molecular complexity index is 1320. The van der Waals surface area contributed by atoms with Gasteiger partial charge in [0.2, 0.25) is 6.41 Å². The van der Waals surface area contributed by atoms with Crippen LogP contribution >= 0.6 is 0 Å². The fourth-order valence-electron chi connectivity index (χ4n) is 5.80. The van der Waals surface area contributed by atoms with Gasteiger partial charge in [0.05, 0.1) is 34.3 Å². The standard InChI is InChI=1S/C27H28N6O/c28-16-23-21-8-9-29-27(21)22(15-26(23)32-12-10-31(18-34)11-13-32)19-6-7-25-24(14-19)30-17-33(25)20-4-2-1-3-5-20/h6-7,9,14-15,17-18,20H,1-5,8,10-13H2. The zero-order valence-corrected chi connectivity index (χ0v) is 19.3. The van der Waals surface area contributed by atoms with Crippen molar-refractivity contribution in [3.05, 3.63) is 41.7 Å². The molecule has 1 saturated heterocycles. The first-order chi connectivity index (χ1) is 16.8. The van der Waals surface area contributed by atoms with E-state index >= 15 is 0 Å². The molecule has 1 saturated carbocycles. The van der Waals surface area contributed by atoms with E-state index in [0.717, 1.165) is 53.1 Å². The van der Waals surface area contributed by atoms with Gasteiger partial charge >= 0.3 is 0 Å². The summed E-state index contributed by atoms with van der Waals surface area (Å²) in [7, 11) is 0. The van der Waals surface area contributed by atoms with Crippen LogP contribution in [-0.2, 0) is 11.2 Å². The predicted molar refractivity (Wildman–Crippen MR) is 134 cm³/mol. The van der Waals surface area contributed by atoms with E-state index in [1.165, 1.54) is 37.6 Å². The fraction of sp³-hybridized carbons (Fsp3) is 0.407. The van der Waals surface area contributed by atoms with Crippen molar-refractivity contribution >= 4 is 35.0 Å². The number of benzene rings is 2. The molecule has 0 N–H and O–H groups in total. The van der Waals surface area contributed by atoms with Crippen LogP contribution in [0.2, 0.25) is 0 Å². The maximum Gasteiger partial charge on any atom is 0.209 e. The molecule has 3 heterocycles. The Balaban J connectivity index is 1.42. The molecule has 2 fully saturated rings. The summed E-state index contributed by atoms with van der Waals surface area (Å²) >= 11 is 0. The van der Waals surface area contributed by atoms with Crippen molar-refractivity contribution in [2.45, 2.75) is 44.6 Å². The van der Waals surface area contributed by atoms with Crippen molar-refractivity contribution in [1.82, 2.24) is 14.5 Å². The number of fused-ring (bicyclic) bond motifs is 2. The van der Waals surface area contributed by atoms with Gasteiger partial charge in [0.25, 0.3) is 0 Å². The average Bonchev–Trinajstić information content (AvgIpc) is 3.55. The van der Waals surface area contributed by atoms with Crippen molar-refractivity contribution in [2.75, 3.05) is 31.1 Å². The molecular formula is C27H28N6O. The Hall–Kier alpha value is -3.66. The Morgan fingerprint density at radius 2 is 1.88 bits per heavy atom. The number of hydrogen-bond acceptors (Lipinski definition) is 5. The first-order valence-electron chi connectivity index (χ1n) is 12.3. The SMILES string of the molecule is N#Cc1c(N2CCN(C=O)CC2)cc(-c2ccc3c(c2)ncn3C2CCCCC2)c2c1CC=N2. The third kappa shape index (κ3) is 3.45. The summed E-state index contributed by atoms with van der Waals surface area (Å²) in [5.74, 6) is 0. The lowest BCUT2D eigenvalue weighted by atomic mass is 9.93. The van der Waals surface area contributed by atoms with E-state index in [2.05, 4.69) is 44.8 Å². The van der Waals surface area contributed by atoms with Crippen molar-refractivity contribution in [3.8, 4) is 17.2 Å². The zero-order valence-electron chi connectivity index (χ0n) is 19.3. The van der Waals surface area contributed by atoms with E-state index in [1.54, 1.807) is 4.90 Å². The van der Waals surface area contributed by atoms with E-state index in [4.69, 9.17) is 4.98 Å². The van der Waals surface area contributed by atoms with Gasteiger partial charge in [-0.05, 0) is 36.6 Å². The molecule has 0 spiro atoms.